The Kier molecular flexibility index (Phi) is 8.11. The topological polar surface area (TPSA) is 21.3 Å². The first-order chi connectivity index (χ1) is 8.86. The molecule has 0 bridgehead atoms. The second kappa shape index (κ2) is 9.81. The predicted octanol–water partition coefficient (Wildman–Crippen LogP) is 4.86. The van der Waals surface area contributed by atoms with Crippen LogP contribution in [0, 0.1) is 0 Å². The van der Waals surface area contributed by atoms with Gasteiger partial charge in [0.2, 0.25) is 0 Å². The number of hydrogen-bond acceptors (Lipinski definition) is 2. The third kappa shape index (κ3) is 6.53. The normalized spacial score (nSPS) is 10.3. The van der Waals surface area contributed by atoms with Crippen molar-refractivity contribution in [2.24, 2.45) is 0 Å². The molecule has 0 saturated carbocycles. The molecule has 0 radical (unpaired) electrons. The van der Waals surface area contributed by atoms with Crippen molar-refractivity contribution in [3.05, 3.63) is 24.3 Å². The summed E-state index contributed by atoms with van der Waals surface area (Å²) in [7, 11) is 0. The molecule has 0 aliphatic carbocycles. The zero-order valence-corrected chi connectivity index (χ0v) is 11.9. The number of rotatable bonds is 10. The van der Waals surface area contributed by atoms with Gasteiger partial charge in [-0.2, -0.15) is 0 Å². The van der Waals surface area contributed by atoms with Gasteiger partial charge in [0.25, 0.3) is 0 Å². The molecule has 0 heterocycles. The van der Waals surface area contributed by atoms with E-state index < -0.39 is 0 Å². The van der Waals surface area contributed by atoms with Gasteiger partial charge in [-0.1, -0.05) is 39.5 Å². The maximum atomic E-state index is 5.55. The van der Waals surface area contributed by atoms with Gasteiger partial charge in [-0.25, -0.2) is 0 Å². The van der Waals surface area contributed by atoms with Crippen LogP contribution in [0.5, 0.6) is 5.75 Å². The third-order valence-electron chi connectivity index (χ3n) is 2.94. The number of nitrogens with one attached hydrogen (secondary N) is 1. The molecule has 0 aliphatic rings. The third-order valence-corrected chi connectivity index (χ3v) is 2.94. The van der Waals surface area contributed by atoms with Gasteiger partial charge in [-0.15, -0.1) is 0 Å². The van der Waals surface area contributed by atoms with Crippen molar-refractivity contribution in [1.29, 1.82) is 0 Å². The van der Waals surface area contributed by atoms with E-state index in [1.165, 1.54) is 37.8 Å². The summed E-state index contributed by atoms with van der Waals surface area (Å²) < 4.78 is 5.55. The second-order valence-corrected chi connectivity index (χ2v) is 4.71. The Hall–Kier alpha value is -1.18. The Bertz CT molecular complexity index is 294. The molecule has 1 N–H and O–H groups in total. The smallest absolute Gasteiger partial charge is 0.119 e. The lowest BCUT2D eigenvalue weighted by Gasteiger charge is -2.08. The minimum Gasteiger partial charge on any atom is -0.494 e. The molecule has 2 nitrogen and oxygen atoms in total. The Morgan fingerprint density at radius 1 is 0.889 bits per heavy atom. The van der Waals surface area contributed by atoms with E-state index >= 15 is 0 Å². The van der Waals surface area contributed by atoms with Crippen LogP contribution in [-0.4, -0.2) is 13.2 Å². The van der Waals surface area contributed by atoms with Crippen LogP contribution < -0.4 is 10.1 Å². The van der Waals surface area contributed by atoms with Crippen LogP contribution in [0.3, 0.4) is 0 Å². The molecule has 0 saturated heterocycles. The molecular weight excluding hydrogens is 222 g/mol. The maximum Gasteiger partial charge on any atom is 0.119 e. The van der Waals surface area contributed by atoms with E-state index in [2.05, 4.69) is 31.3 Å². The Balaban J connectivity index is 2.14. The lowest BCUT2D eigenvalue weighted by Crippen LogP contribution is -2.01. The van der Waals surface area contributed by atoms with Crippen LogP contribution in [0.2, 0.25) is 0 Å². The van der Waals surface area contributed by atoms with E-state index in [9.17, 15) is 0 Å². The van der Waals surface area contributed by atoms with Gasteiger partial charge >= 0.3 is 0 Å². The summed E-state index contributed by atoms with van der Waals surface area (Å²) in [5.41, 5.74) is 1.19. The van der Waals surface area contributed by atoms with Crippen LogP contribution in [0.1, 0.15) is 52.4 Å². The summed E-state index contributed by atoms with van der Waals surface area (Å²) in [6.07, 6.45) is 7.68. The lowest BCUT2D eigenvalue weighted by atomic mass is 10.1. The number of unbranched alkanes of at least 4 members (excludes halogenated alkanes) is 4. The molecule has 2 heteroatoms. The van der Waals surface area contributed by atoms with Crippen LogP contribution in [-0.2, 0) is 0 Å². The van der Waals surface area contributed by atoms with Crippen LogP contribution >= 0.6 is 0 Å². The van der Waals surface area contributed by atoms with E-state index in [-0.39, 0.29) is 0 Å². The van der Waals surface area contributed by atoms with Crippen molar-refractivity contribution in [2.45, 2.75) is 52.4 Å². The number of hydrogen-bond donors (Lipinski definition) is 1. The van der Waals surface area contributed by atoms with E-state index in [0.717, 1.165) is 25.3 Å². The van der Waals surface area contributed by atoms with E-state index in [1.807, 2.05) is 12.1 Å². The molecule has 0 aliphatic heterocycles. The van der Waals surface area contributed by atoms with Crippen LogP contribution in [0.25, 0.3) is 0 Å². The average Bonchev–Trinajstić information content (AvgIpc) is 2.42. The monoisotopic (exact) mass is 249 g/mol. The molecule has 0 aromatic heterocycles. The van der Waals surface area contributed by atoms with Gasteiger partial charge in [0.05, 0.1) is 6.61 Å². The van der Waals surface area contributed by atoms with Crippen molar-refractivity contribution in [3.63, 3.8) is 0 Å². The summed E-state index contributed by atoms with van der Waals surface area (Å²) in [4.78, 5) is 0. The molecule has 0 atom stereocenters. The van der Waals surface area contributed by atoms with Crippen LogP contribution in [0.4, 0.5) is 5.69 Å². The minimum absolute atomic E-state index is 0.796. The fourth-order valence-electron chi connectivity index (χ4n) is 1.85. The first-order valence-electron chi connectivity index (χ1n) is 7.33. The van der Waals surface area contributed by atoms with E-state index in [4.69, 9.17) is 4.74 Å². The zero-order valence-electron chi connectivity index (χ0n) is 11.9. The molecule has 0 unspecified atom stereocenters. The molecule has 0 fully saturated rings. The van der Waals surface area contributed by atoms with Crippen molar-refractivity contribution in [2.75, 3.05) is 18.5 Å². The Morgan fingerprint density at radius 2 is 1.61 bits per heavy atom. The minimum atomic E-state index is 0.796. The highest BCUT2D eigenvalue weighted by Gasteiger charge is 1.95. The van der Waals surface area contributed by atoms with Crippen molar-refractivity contribution >= 4 is 5.69 Å². The first kappa shape index (κ1) is 14.9. The van der Waals surface area contributed by atoms with Gasteiger partial charge in [-0.3, -0.25) is 0 Å². The number of anilines is 1. The maximum absolute atomic E-state index is 5.55. The summed E-state index contributed by atoms with van der Waals surface area (Å²) in [6, 6.07) is 8.26. The average molecular weight is 249 g/mol. The van der Waals surface area contributed by atoms with Gasteiger partial charge < -0.3 is 10.1 Å². The SMILES string of the molecule is CCCCCCCNc1ccc(OCCC)cc1. The fourth-order valence-corrected chi connectivity index (χ4v) is 1.85. The van der Waals surface area contributed by atoms with Gasteiger partial charge in [0.1, 0.15) is 5.75 Å². The number of benzene rings is 1. The molecule has 18 heavy (non-hydrogen) atoms. The Morgan fingerprint density at radius 3 is 2.28 bits per heavy atom. The summed E-state index contributed by atoms with van der Waals surface area (Å²) in [5.74, 6) is 0.963. The Labute approximate surface area is 112 Å². The highest BCUT2D eigenvalue weighted by molar-refractivity contribution is 5.46. The van der Waals surface area contributed by atoms with E-state index in [0.29, 0.717) is 0 Å². The predicted molar refractivity (Wildman–Crippen MR) is 79.5 cm³/mol. The highest BCUT2D eigenvalue weighted by Crippen LogP contribution is 2.16. The van der Waals surface area contributed by atoms with Crippen molar-refractivity contribution in [1.82, 2.24) is 0 Å². The second-order valence-electron chi connectivity index (χ2n) is 4.71. The van der Waals surface area contributed by atoms with Crippen LogP contribution in [0.15, 0.2) is 24.3 Å². The van der Waals surface area contributed by atoms with Crippen molar-refractivity contribution in [3.8, 4) is 5.75 Å². The standard InChI is InChI=1S/C16H27NO/c1-3-5-6-7-8-13-17-15-9-11-16(12-10-15)18-14-4-2/h9-12,17H,3-8,13-14H2,1-2H3. The molecule has 1 rings (SSSR count). The first-order valence-corrected chi connectivity index (χ1v) is 7.33. The quantitative estimate of drug-likeness (QED) is 0.598. The van der Waals surface area contributed by atoms with Gasteiger partial charge in [0, 0.05) is 12.2 Å². The molecule has 1 aromatic rings. The molecule has 0 spiro atoms. The number of ether oxygens (including phenoxy) is 1. The summed E-state index contributed by atoms with van der Waals surface area (Å²) in [5, 5.41) is 3.45. The fraction of sp³-hybridized carbons (Fsp3) is 0.625. The lowest BCUT2D eigenvalue weighted by molar-refractivity contribution is 0.317. The largest absolute Gasteiger partial charge is 0.494 e. The molecule has 102 valence electrons. The van der Waals surface area contributed by atoms with E-state index in [1.54, 1.807) is 0 Å². The molecular formula is C16H27NO. The highest BCUT2D eigenvalue weighted by atomic mass is 16.5. The molecule has 1 aromatic carbocycles. The van der Waals surface area contributed by atoms with Crippen molar-refractivity contribution < 1.29 is 4.74 Å². The summed E-state index contributed by atoms with van der Waals surface area (Å²) in [6.45, 7) is 6.23. The van der Waals surface area contributed by atoms with Gasteiger partial charge in [0.15, 0.2) is 0 Å². The molecule has 0 amide bonds. The van der Waals surface area contributed by atoms with Gasteiger partial charge in [-0.05, 0) is 37.1 Å². The summed E-state index contributed by atoms with van der Waals surface area (Å²) >= 11 is 0. The zero-order chi connectivity index (χ0) is 13.1.